The van der Waals surface area contributed by atoms with E-state index in [4.69, 9.17) is 9.84 Å². The summed E-state index contributed by atoms with van der Waals surface area (Å²) in [5.41, 5.74) is 1.42. The van der Waals surface area contributed by atoms with Gasteiger partial charge >= 0.3 is 5.97 Å². The lowest BCUT2D eigenvalue weighted by Crippen LogP contribution is -2.09. The number of carbonyl (C=O) groups excluding carboxylic acids is 1. The zero-order chi connectivity index (χ0) is 15.9. The first kappa shape index (κ1) is 16.0. The van der Waals surface area contributed by atoms with Crippen LogP contribution < -0.4 is 4.74 Å². The lowest BCUT2D eigenvalue weighted by molar-refractivity contribution is -0.139. The molecule has 22 heavy (non-hydrogen) atoms. The molecule has 0 aliphatic heterocycles. The number of benzene rings is 2. The Labute approximate surface area is 136 Å². The Bertz CT molecular complexity index is 705. The molecule has 0 fully saturated rings. The molecule has 2 aromatic carbocycles. The second-order valence-electron chi connectivity index (χ2n) is 4.43. The van der Waals surface area contributed by atoms with Crippen LogP contribution in [-0.4, -0.2) is 23.5 Å². The molecule has 1 N–H and O–H groups in total. The number of rotatable bonds is 6. The van der Waals surface area contributed by atoms with Gasteiger partial charge in [-0.05, 0) is 48.0 Å². The number of carbonyl (C=O) groups is 2. The SMILES string of the molecule is O=C(O)COc1ccc(C(=O)/C=C/c2ccccc2Br)cc1. The predicted molar refractivity (Wildman–Crippen MR) is 87.1 cm³/mol. The van der Waals surface area contributed by atoms with Gasteiger partial charge in [0.25, 0.3) is 0 Å². The molecule has 0 aliphatic rings. The fraction of sp³-hybridized carbons (Fsp3) is 0.0588. The number of aliphatic carboxylic acids is 1. The summed E-state index contributed by atoms with van der Waals surface area (Å²) in [5, 5.41) is 8.53. The molecule has 0 spiro atoms. The van der Waals surface area contributed by atoms with Crippen molar-refractivity contribution in [2.75, 3.05) is 6.61 Å². The summed E-state index contributed by atoms with van der Waals surface area (Å²) in [4.78, 5) is 22.5. The van der Waals surface area contributed by atoms with Crippen molar-refractivity contribution >= 4 is 33.8 Å². The van der Waals surface area contributed by atoms with E-state index in [0.717, 1.165) is 10.0 Å². The van der Waals surface area contributed by atoms with Crippen molar-refractivity contribution in [3.05, 3.63) is 70.2 Å². The van der Waals surface area contributed by atoms with Crippen LogP contribution in [0.15, 0.2) is 59.1 Å². The number of hydrogen-bond acceptors (Lipinski definition) is 3. The molecule has 0 aliphatic carbocycles. The lowest BCUT2D eigenvalue weighted by atomic mass is 10.1. The monoisotopic (exact) mass is 360 g/mol. The number of halogens is 1. The summed E-state index contributed by atoms with van der Waals surface area (Å²) in [6, 6.07) is 13.9. The number of carboxylic acid groups (broad SMARTS) is 1. The van der Waals surface area contributed by atoms with Gasteiger partial charge in [0.1, 0.15) is 5.75 Å². The van der Waals surface area contributed by atoms with Crippen molar-refractivity contribution < 1.29 is 19.4 Å². The average molecular weight is 361 g/mol. The highest BCUT2D eigenvalue weighted by Crippen LogP contribution is 2.18. The van der Waals surface area contributed by atoms with Crippen LogP contribution in [0.4, 0.5) is 0 Å². The Hall–Kier alpha value is -2.40. The van der Waals surface area contributed by atoms with Crippen LogP contribution in [0.5, 0.6) is 5.75 Å². The number of hydrogen-bond donors (Lipinski definition) is 1. The number of allylic oxidation sites excluding steroid dienone is 1. The first-order chi connectivity index (χ1) is 10.6. The molecular formula is C17H13BrO4. The lowest BCUT2D eigenvalue weighted by Gasteiger charge is -2.03. The minimum Gasteiger partial charge on any atom is -0.482 e. The average Bonchev–Trinajstić information content (AvgIpc) is 2.52. The van der Waals surface area contributed by atoms with E-state index in [1.54, 1.807) is 30.3 Å². The van der Waals surface area contributed by atoms with Gasteiger partial charge in [0, 0.05) is 10.0 Å². The maximum atomic E-state index is 12.1. The second-order valence-corrected chi connectivity index (χ2v) is 5.28. The van der Waals surface area contributed by atoms with Gasteiger partial charge in [0.05, 0.1) is 0 Å². The molecule has 0 heterocycles. The van der Waals surface area contributed by atoms with Crippen LogP contribution in [0.2, 0.25) is 0 Å². The summed E-state index contributed by atoms with van der Waals surface area (Å²) >= 11 is 3.41. The van der Waals surface area contributed by atoms with Crippen LogP contribution in [0, 0.1) is 0 Å². The van der Waals surface area contributed by atoms with Crippen molar-refractivity contribution in [2.24, 2.45) is 0 Å². The normalized spacial score (nSPS) is 10.6. The molecule has 0 aromatic heterocycles. The van der Waals surface area contributed by atoms with E-state index in [1.165, 1.54) is 6.08 Å². The molecular weight excluding hydrogens is 348 g/mol. The highest BCUT2D eigenvalue weighted by Gasteiger charge is 2.04. The largest absolute Gasteiger partial charge is 0.482 e. The molecule has 0 bridgehead atoms. The van der Waals surface area contributed by atoms with E-state index in [2.05, 4.69) is 15.9 Å². The molecule has 0 atom stereocenters. The Balaban J connectivity index is 2.04. The molecule has 5 heteroatoms. The molecule has 0 unspecified atom stereocenters. The fourth-order valence-electron chi connectivity index (χ4n) is 1.73. The second kappa shape index (κ2) is 7.56. The highest BCUT2D eigenvalue weighted by atomic mass is 79.9. The van der Waals surface area contributed by atoms with Gasteiger partial charge in [-0.25, -0.2) is 4.79 Å². The molecule has 0 saturated carbocycles. The summed E-state index contributed by atoms with van der Waals surface area (Å²) in [6.45, 7) is -0.408. The van der Waals surface area contributed by atoms with Crippen LogP contribution in [0.1, 0.15) is 15.9 Å². The van der Waals surface area contributed by atoms with Crippen molar-refractivity contribution in [1.82, 2.24) is 0 Å². The summed E-state index contributed by atoms with van der Waals surface area (Å²) in [6.07, 6.45) is 3.23. The van der Waals surface area contributed by atoms with Gasteiger partial charge in [-0.2, -0.15) is 0 Å². The standard InChI is InChI=1S/C17H13BrO4/c18-15-4-2-1-3-12(15)7-10-16(19)13-5-8-14(9-6-13)22-11-17(20)21/h1-10H,11H2,(H,20,21)/b10-7+. The van der Waals surface area contributed by atoms with Gasteiger partial charge in [0.15, 0.2) is 12.4 Å². The number of ether oxygens (including phenoxy) is 1. The van der Waals surface area contributed by atoms with Crippen LogP contribution >= 0.6 is 15.9 Å². The van der Waals surface area contributed by atoms with Crippen LogP contribution in [-0.2, 0) is 4.79 Å². The van der Waals surface area contributed by atoms with Crippen molar-refractivity contribution in [3.8, 4) is 5.75 Å². The van der Waals surface area contributed by atoms with Gasteiger partial charge in [-0.15, -0.1) is 0 Å². The maximum Gasteiger partial charge on any atom is 0.341 e. The molecule has 112 valence electrons. The third-order valence-electron chi connectivity index (χ3n) is 2.82. The Morgan fingerprint density at radius 1 is 1.09 bits per heavy atom. The number of carboxylic acids is 1. The first-order valence-electron chi connectivity index (χ1n) is 6.48. The molecule has 2 aromatic rings. The van der Waals surface area contributed by atoms with Gasteiger partial charge in [-0.3, -0.25) is 4.79 Å². The van der Waals surface area contributed by atoms with Gasteiger partial charge < -0.3 is 9.84 Å². The van der Waals surface area contributed by atoms with Crippen molar-refractivity contribution in [3.63, 3.8) is 0 Å². The van der Waals surface area contributed by atoms with E-state index in [-0.39, 0.29) is 5.78 Å². The summed E-state index contributed by atoms with van der Waals surface area (Å²) in [7, 11) is 0. The molecule has 0 saturated heterocycles. The van der Waals surface area contributed by atoms with E-state index < -0.39 is 12.6 Å². The van der Waals surface area contributed by atoms with E-state index in [1.807, 2.05) is 24.3 Å². The van der Waals surface area contributed by atoms with Crippen molar-refractivity contribution in [2.45, 2.75) is 0 Å². The first-order valence-corrected chi connectivity index (χ1v) is 7.27. The predicted octanol–water partition coefficient (Wildman–Crippen LogP) is 3.81. The molecule has 0 radical (unpaired) electrons. The third kappa shape index (κ3) is 4.56. The zero-order valence-electron chi connectivity index (χ0n) is 11.5. The van der Waals surface area contributed by atoms with E-state index in [0.29, 0.717) is 11.3 Å². The van der Waals surface area contributed by atoms with Gasteiger partial charge in [-0.1, -0.05) is 34.1 Å². The Morgan fingerprint density at radius 3 is 2.41 bits per heavy atom. The van der Waals surface area contributed by atoms with Crippen molar-refractivity contribution in [1.29, 1.82) is 0 Å². The van der Waals surface area contributed by atoms with Crippen LogP contribution in [0.3, 0.4) is 0 Å². The summed E-state index contributed by atoms with van der Waals surface area (Å²) < 4.78 is 5.93. The Kier molecular flexibility index (Phi) is 5.49. The van der Waals surface area contributed by atoms with E-state index >= 15 is 0 Å². The van der Waals surface area contributed by atoms with Crippen LogP contribution in [0.25, 0.3) is 6.08 Å². The topological polar surface area (TPSA) is 63.6 Å². The minimum absolute atomic E-state index is 0.138. The van der Waals surface area contributed by atoms with Gasteiger partial charge in [0.2, 0.25) is 0 Å². The molecule has 4 nitrogen and oxygen atoms in total. The third-order valence-corrected chi connectivity index (χ3v) is 3.54. The number of ketones is 1. The fourth-order valence-corrected chi connectivity index (χ4v) is 2.15. The molecule has 2 rings (SSSR count). The quantitative estimate of drug-likeness (QED) is 0.628. The Morgan fingerprint density at radius 2 is 1.77 bits per heavy atom. The summed E-state index contributed by atoms with van der Waals surface area (Å²) in [5.74, 6) is -0.772. The van der Waals surface area contributed by atoms with E-state index in [9.17, 15) is 9.59 Å². The highest BCUT2D eigenvalue weighted by molar-refractivity contribution is 9.10. The maximum absolute atomic E-state index is 12.1. The minimum atomic E-state index is -1.04. The smallest absolute Gasteiger partial charge is 0.341 e. The molecule has 0 amide bonds. The zero-order valence-corrected chi connectivity index (χ0v) is 13.1.